The Bertz CT molecular complexity index is 1650. The second kappa shape index (κ2) is 13.5. The molecule has 2 aliphatic heterocycles. The predicted octanol–water partition coefficient (Wildman–Crippen LogP) is 5.55. The molecule has 1 saturated carbocycles. The number of nitrogens with one attached hydrogen (secondary N) is 1. The van der Waals surface area contributed by atoms with Gasteiger partial charge in [-0.25, -0.2) is 26.9 Å². The summed E-state index contributed by atoms with van der Waals surface area (Å²) in [5.74, 6) is -1.46. The van der Waals surface area contributed by atoms with Crippen LogP contribution >= 0.6 is 22.9 Å². The molecule has 3 heterocycles. The average Bonchev–Trinajstić information content (AvgIpc) is 3.54. The first kappa shape index (κ1) is 34.7. The normalized spacial score (nSPS) is 24.5. The highest BCUT2D eigenvalue weighted by molar-refractivity contribution is 7.89. The number of ether oxygens (including phenoxy) is 2. The SMILES string of the molecule is COC(=O)C1=C(C2CCN(S(=O)(=O)C3CC(C)(C(=O)OCC[Si](C)(C)C)C3)CC2)NC(c2nccs2)=NC1c1cccc(F)c1Cl. The Kier molecular flexibility index (Phi) is 10.1. The van der Waals surface area contributed by atoms with Gasteiger partial charge in [-0.15, -0.1) is 11.3 Å². The van der Waals surface area contributed by atoms with Crippen LogP contribution in [0.15, 0.2) is 46.0 Å². The number of allylic oxidation sites excluding steroid dienone is 1. The largest absolute Gasteiger partial charge is 0.466 e. The molecule has 1 saturated heterocycles. The molecule has 0 radical (unpaired) electrons. The molecule has 5 rings (SSSR count). The van der Waals surface area contributed by atoms with Gasteiger partial charge in [-0.1, -0.05) is 43.4 Å². The molecular formula is C31H40ClFN4O6S2Si. The van der Waals surface area contributed by atoms with Crippen LogP contribution in [0.4, 0.5) is 4.39 Å². The maximum absolute atomic E-state index is 14.6. The van der Waals surface area contributed by atoms with Crippen molar-refractivity contribution < 1.29 is 31.9 Å². The lowest BCUT2D eigenvalue weighted by Crippen LogP contribution is -2.54. The van der Waals surface area contributed by atoms with E-state index in [1.54, 1.807) is 24.6 Å². The van der Waals surface area contributed by atoms with E-state index < -0.39 is 46.6 Å². The van der Waals surface area contributed by atoms with Gasteiger partial charge in [0, 0.05) is 49.9 Å². The topological polar surface area (TPSA) is 127 Å². The number of nitrogens with zero attached hydrogens (tertiary/aromatic N) is 3. The number of hydrogen-bond donors (Lipinski definition) is 1. The summed E-state index contributed by atoms with van der Waals surface area (Å²) >= 11 is 7.75. The summed E-state index contributed by atoms with van der Waals surface area (Å²) in [6, 6.07) is 4.26. The van der Waals surface area contributed by atoms with Crippen molar-refractivity contribution in [1.82, 2.24) is 14.6 Å². The monoisotopic (exact) mass is 710 g/mol. The molecule has 1 atom stereocenters. The fourth-order valence-corrected chi connectivity index (χ4v) is 10.0. The van der Waals surface area contributed by atoms with Crippen molar-refractivity contribution in [3.63, 3.8) is 0 Å². The minimum Gasteiger partial charge on any atom is -0.466 e. The van der Waals surface area contributed by atoms with Crippen LogP contribution in [0.1, 0.15) is 49.2 Å². The highest BCUT2D eigenvalue weighted by atomic mass is 35.5. The Morgan fingerprint density at radius 2 is 1.91 bits per heavy atom. The molecule has 2 aromatic rings. The standard InChI is InChI=1S/C31H40ClFN4O6S2Si/c1-31(30(39)43-14-16-46(3,4)5)17-20(18-31)45(40,41)37-12-9-19(10-13-37)25-23(29(38)42-2)26(21-7-6-8-22(33)24(21)32)36-27(35-25)28-34-11-15-44-28/h6-8,11,15,19-20,26H,9-10,12-14,16-18H2,1-5H3,(H,35,36). The van der Waals surface area contributed by atoms with Crippen LogP contribution in [0.2, 0.25) is 30.7 Å². The fraction of sp³-hybridized carbons (Fsp3) is 0.548. The average molecular weight is 711 g/mol. The van der Waals surface area contributed by atoms with E-state index in [0.29, 0.717) is 41.6 Å². The van der Waals surface area contributed by atoms with Gasteiger partial charge in [-0.2, -0.15) is 0 Å². The Morgan fingerprint density at radius 3 is 2.52 bits per heavy atom. The zero-order valence-electron chi connectivity index (χ0n) is 26.6. The van der Waals surface area contributed by atoms with E-state index in [2.05, 4.69) is 29.9 Å². The van der Waals surface area contributed by atoms with E-state index in [0.717, 1.165) is 6.04 Å². The lowest BCUT2D eigenvalue weighted by atomic mass is 9.70. The van der Waals surface area contributed by atoms with E-state index in [1.165, 1.54) is 34.9 Å². The van der Waals surface area contributed by atoms with Crippen molar-refractivity contribution in [2.75, 3.05) is 26.8 Å². The Hall–Kier alpha value is -2.65. The first-order chi connectivity index (χ1) is 21.6. The molecule has 1 aromatic carbocycles. The number of sulfonamides is 1. The minimum absolute atomic E-state index is 0.147. The van der Waals surface area contributed by atoms with Crippen molar-refractivity contribution >= 4 is 58.8 Å². The summed E-state index contributed by atoms with van der Waals surface area (Å²) in [4.78, 5) is 35.2. The van der Waals surface area contributed by atoms with Crippen molar-refractivity contribution in [1.29, 1.82) is 0 Å². The summed E-state index contributed by atoms with van der Waals surface area (Å²) in [6.07, 6.45) is 2.92. The fourth-order valence-electron chi connectivity index (χ4n) is 6.18. The molecule has 3 aliphatic rings. The maximum atomic E-state index is 14.6. The molecule has 2 fully saturated rings. The molecule has 0 amide bonds. The van der Waals surface area contributed by atoms with Crippen molar-refractivity contribution in [2.45, 2.75) is 69.6 Å². The van der Waals surface area contributed by atoms with Gasteiger partial charge >= 0.3 is 11.9 Å². The van der Waals surface area contributed by atoms with Crippen LogP contribution in [-0.4, -0.2) is 75.6 Å². The number of rotatable bonds is 10. The first-order valence-corrected chi connectivity index (χ1v) is 21.8. The number of carbonyl (C=O) groups is 2. The quantitative estimate of drug-likeness (QED) is 0.252. The second-order valence-electron chi connectivity index (χ2n) is 13.6. The Balaban J connectivity index is 1.33. The molecule has 1 aliphatic carbocycles. The summed E-state index contributed by atoms with van der Waals surface area (Å²) in [6.45, 7) is 9.24. The zero-order chi connectivity index (χ0) is 33.4. The van der Waals surface area contributed by atoms with Crippen molar-refractivity contribution in [2.24, 2.45) is 16.3 Å². The van der Waals surface area contributed by atoms with Gasteiger partial charge in [0.2, 0.25) is 10.0 Å². The number of halogens is 2. The molecule has 46 heavy (non-hydrogen) atoms. The van der Waals surface area contributed by atoms with Crippen LogP contribution in [0.25, 0.3) is 0 Å². The predicted molar refractivity (Wildman–Crippen MR) is 178 cm³/mol. The third kappa shape index (κ3) is 7.10. The van der Waals surface area contributed by atoms with Gasteiger partial charge in [0.15, 0.2) is 10.8 Å². The van der Waals surface area contributed by atoms with Gasteiger partial charge in [0.05, 0.1) is 35.0 Å². The number of amidine groups is 1. The molecule has 1 unspecified atom stereocenters. The number of piperidine rings is 1. The van der Waals surface area contributed by atoms with Crippen molar-refractivity contribution in [3.05, 3.63) is 62.5 Å². The van der Waals surface area contributed by atoms with Crippen molar-refractivity contribution in [3.8, 4) is 0 Å². The number of esters is 2. The number of aromatic nitrogens is 1. The first-order valence-electron chi connectivity index (χ1n) is 15.3. The van der Waals surface area contributed by atoms with E-state index in [-0.39, 0.29) is 48.4 Å². The molecule has 15 heteroatoms. The second-order valence-corrected chi connectivity index (χ2v) is 22.7. The lowest BCUT2D eigenvalue weighted by Gasteiger charge is -2.45. The minimum atomic E-state index is -3.66. The molecule has 0 spiro atoms. The molecule has 1 aromatic heterocycles. The number of aliphatic imine (C=N–C) groups is 1. The lowest BCUT2D eigenvalue weighted by molar-refractivity contribution is -0.159. The van der Waals surface area contributed by atoms with E-state index in [4.69, 9.17) is 26.1 Å². The number of methoxy groups -OCH3 is 1. The van der Waals surface area contributed by atoms with E-state index in [9.17, 15) is 22.4 Å². The van der Waals surface area contributed by atoms with E-state index >= 15 is 0 Å². The van der Waals surface area contributed by atoms with Crippen LogP contribution in [-0.2, 0) is 29.1 Å². The van der Waals surface area contributed by atoms with Gasteiger partial charge in [-0.3, -0.25) is 9.79 Å². The van der Waals surface area contributed by atoms with Gasteiger partial charge in [0.25, 0.3) is 0 Å². The number of hydrogen-bond acceptors (Lipinski definition) is 10. The van der Waals surface area contributed by atoms with E-state index in [1.807, 2.05) is 0 Å². The Morgan fingerprint density at radius 1 is 1.22 bits per heavy atom. The summed E-state index contributed by atoms with van der Waals surface area (Å²) in [7, 11) is -3.75. The smallest absolute Gasteiger partial charge is 0.338 e. The molecule has 10 nitrogen and oxygen atoms in total. The number of carbonyl (C=O) groups excluding carboxylic acids is 2. The summed E-state index contributed by atoms with van der Waals surface area (Å²) in [5, 5.41) is 4.87. The molecule has 1 N–H and O–H groups in total. The van der Waals surface area contributed by atoms with Crippen LogP contribution in [0, 0.1) is 17.2 Å². The molecular weight excluding hydrogens is 671 g/mol. The number of benzene rings is 1. The summed E-state index contributed by atoms with van der Waals surface area (Å²) < 4.78 is 54.1. The van der Waals surface area contributed by atoms with Crippen LogP contribution in [0.3, 0.4) is 0 Å². The Labute approximate surface area is 279 Å². The molecule has 0 bridgehead atoms. The third-order valence-corrected chi connectivity index (χ3v) is 14.1. The van der Waals surface area contributed by atoms with Gasteiger partial charge < -0.3 is 14.8 Å². The van der Waals surface area contributed by atoms with Gasteiger partial charge in [0.1, 0.15) is 11.9 Å². The maximum Gasteiger partial charge on any atom is 0.338 e. The highest BCUT2D eigenvalue weighted by Crippen LogP contribution is 2.47. The summed E-state index contributed by atoms with van der Waals surface area (Å²) in [5.41, 5.74) is 0.230. The highest BCUT2D eigenvalue weighted by Gasteiger charge is 2.54. The van der Waals surface area contributed by atoms with Gasteiger partial charge in [-0.05, 0) is 44.7 Å². The third-order valence-electron chi connectivity index (χ3n) is 8.97. The molecule has 250 valence electrons. The van der Waals surface area contributed by atoms with Crippen LogP contribution < -0.4 is 5.32 Å². The van der Waals surface area contributed by atoms with Crippen LogP contribution in [0.5, 0.6) is 0 Å². The zero-order valence-corrected chi connectivity index (χ0v) is 30.0. The number of thiazole rings is 1.